The molecule has 9 heteroatoms. The van der Waals surface area contributed by atoms with Crippen LogP contribution >= 0.6 is 0 Å². The van der Waals surface area contributed by atoms with Crippen LogP contribution in [0.1, 0.15) is 17.2 Å². The van der Waals surface area contributed by atoms with Crippen molar-refractivity contribution in [1.82, 2.24) is 24.2 Å². The fraction of sp³-hybridized carbons (Fsp3) is 0.300. The summed E-state index contributed by atoms with van der Waals surface area (Å²) in [5.74, 6) is -0.430. The molecule has 1 fully saturated rings. The first-order valence-electron chi connectivity index (χ1n) is 9.30. The number of aromatic nitrogens is 3. The average molecular weight is 415 g/mol. The molecule has 0 spiro atoms. The van der Waals surface area contributed by atoms with Gasteiger partial charge in [0, 0.05) is 51.0 Å². The van der Waals surface area contributed by atoms with Gasteiger partial charge in [-0.15, -0.1) is 0 Å². The maximum atomic E-state index is 13.4. The molecule has 152 valence electrons. The van der Waals surface area contributed by atoms with Crippen LogP contribution in [-0.4, -0.2) is 46.4 Å². The summed E-state index contributed by atoms with van der Waals surface area (Å²) in [7, 11) is -1.98. The average Bonchev–Trinajstić information content (AvgIpc) is 3.35. The second-order valence-electron chi connectivity index (χ2n) is 7.17. The molecule has 7 nitrogen and oxygen atoms in total. The zero-order chi connectivity index (χ0) is 20.4. The molecule has 1 aliphatic rings. The van der Waals surface area contributed by atoms with Crippen molar-refractivity contribution in [3.63, 3.8) is 0 Å². The third-order valence-corrected chi connectivity index (χ3v) is 6.86. The summed E-state index contributed by atoms with van der Waals surface area (Å²) in [6, 6.07) is 11.8. The van der Waals surface area contributed by atoms with Gasteiger partial charge in [0.15, 0.2) is 5.03 Å². The highest BCUT2D eigenvalue weighted by Crippen LogP contribution is 2.31. The first-order valence-corrected chi connectivity index (χ1v) is 10.7. The number of pyridine rings is 1. The van der Waals surface area contributed by atoms with Crippen molar-refractivity contribution in [2.24, 2.45) is 7.05 Å². The van der Waals surface area contributed by atoms with Crippen LogP contribution in [-0.2, 0) is 23.6 Å². The van der Waals surface area contributed by atoms with Crippen molar-refractivity contribution >= 4 is 10.0 Å². The second kappa shape index (κ2) is 8.02. The molecule has 0 aliphatic carbocycles. The number of nitrogens with zero attached hydrogens (tertiary/aromatic N) is 4. The third kappa shape index (κ3) is 4.21. The van der Waals surface area contributed by atoms with Crippen LogP contribution in [0.15, 0.2) is 66.2 Å². The lowest BCUT2D eigenvalue weighted by atomic mass is 9.94. The molecule has 1 N–H and O–H groups in total. The lowest BCUT2D eigenvalue weighted by Gasteiger charge is -2.20. The topological polar surface area (TPSA) is 80.1 Å². The van der Waals surface area contributed by atoms with Gasteiger partial charge in [0.05, 0.1) is 12.0 Å². The van der Waals surface area contributed by atoms with Crippen molar-refractivity contribution in [2.75, 3.05) is 13.1 Å². The van der Waals surface area contributed by atoms with Gasteiger partial charge in [-0.3, -0.25) is 4.98 Å². The molecule has 1 aromatic carbocycles. The number of rotatable bonds is 6. The van der Waals surface area contributed by atoms with Gasteiger partial charge in [0.2, 0.25) is 0 Å². The first kappa shape index (κ1) is 19.7. The molecule has 2 aromatic heterocycles. The first-order chi connectivity index (χ1) is 13.9. The molecular weight excluding hydrogens is 393 g/mol. The van der Waals surface area contributed by atoms with Crippen LogP contribution in [0.2, 0.25) is 0 Å². The highest BCUT2D eigenvalue weighted by atomic mass is 32.2. The van der Waals surface area contributed by atoms with Crippen LogP contribution in [0.3, 0.4) is 0 Å². The van der Waals surface area contributed by atoms with Gasteiger partial charge < -0.3 is 9.88 Å². The van der Waals surface area contributed by atoms with Gasteiger partial charge in [-0.05, 0) is 29.8 Å². The van der Waals surface area contributed by atoms with E-state index in [-0.39, 0.29) is 22.8 Å². The molecule has 0 unspecified atom stereocenters. The minimum Gasteiger partial charge on any atom is -0.339 e. The number of benzene rings is 1. The molecule has 1 saturated heterocycles. The van der Waals surface area contributed by atoms with E-state index in [0.29, 0.717) is 19.6 Å². The number of hydrogen-bond donors (Lipinski definition) is 1. The van der Waals surface area contributed by atoms with Gasteiger partial charge >= 0.3 is 0 Å². The number of hydrogen-bond acceptors (Lipinski definition) is 5. The summed E-state index contributed by atoms with van der Waals surface area (Å²) in [5, 5.41) is 3.46. The molecule has 0 amide bonds. The number of nitrogens with one attached hydrogen (secondary N) is 1. The molecule has 0 radical (unpaired) electrons. The normalized spacial score (nSPS) is 20.2. The van der Waals surface area contributed by atoms with Gasteiger partial charge in [0.1, 0.15) is 5.82 Å². The fourth-order valence-electron chi connectivity index (χ4n) is 3.61. The largest absolute Gasteiger partial charge is 0.339 e. The Morgan fingerprint density at radius 2 is 1.93 bits per heavy atom. The summed E-state index contributed by atoms with van der Waals surface area (Å²) >= 11 is 0. The lowest BCUT2D eigenvalue weighted by Crippen LogP contribution is -2.36. The highest BCUT2D eigenvalue weighted by molar-refractivity contribution is 7.89. The minimum absolute atomic E-state index is 0.0308. The van der Waals surface area contributed by atoms with Crippen molar-refractivity contribution in [2.45, 2.75) is 23.5 Å². The van der Waals surface area contributed by atoms with Crippen LogP contribution in [0, 0.1) is 5.82 Å². The maximum absolute atomic E-state index is 13.4. The summed E-state index contributed by atoms with van der Waals surface area (Å²) in [6.07, 6.45) is 4.69. The van der Waals surface area contributed by atoms with E-state index in [4.69, 9.17) is 0 Å². The summed E-state index contributed by atoms with van der Waals surface area (Å²) < 4.78 is 42.5. The quantitative estimate of drug-likeness (QED) is 0.665. The van der Waals surface area contributed by atoms with Crippen LogP contribution in [0.5, 0.6) is 0 Å². The monoisotopic (exact) mass is 415 g/mol. The van der Waals surface area contributed by atoms with Crippen molar-refractivity contribution in [3.8, 4) is 0 Å². The molecular formula is C20H22FN5O2S. The Hall–Kier alpha value is -2.62. The predicted octanol–water partition coefficient (Wildman–Crippen LogP) is 1.90. The van der Waals surface area contributed by atoms with Crippen LogP contribution in [0.25, 0.3) is 0 Å². The van der Waals surface area contributed by atoms with E-state index < -0.39 is 10.0 Å². The lowest BCUT2D eigenvalue weighted by molar-refractivity contribution is 0.453. The maximum Gasteiger partial charge on any atom is 0.262 e. The summed E-state index contributed by atoms with van der Waals surface area (Å²) in [4.78, 5) is 8.32. The Morgan fingerprint density at radius 3 is 2.59 bits per heavy atom. The summed E-state index contributed by atoms with van der Waals surface area (Å²) in [6.45, 7) is 1.11. The molecule has 29 heavy (non-hydrogen) atoms. The van der Waals surface area contributed by atoms with Crippen molar-refractivity contribution in [3.05, 3.63) is 78.3 Å². The van der Waals surface area contributed by atoms with Crippen LogP contribution < -0.4 is 5.32 Å². The Kier molecular flexibility index (Phi) is 5.44. The number of halogens is 1. The van der Waals surface area contributed by atoms with E-state index in [1.165, 1.54) is 29.0 Å². The molecule has 0 bridgehead atoms. The van der Waals surface area contributed by atoms with Gasteiger partial charge in [0.25, 0.3) is 10.0 Å². The van der Waals surface area contributed by atoms with Gasteiger partial charge in [-0.2, -0.15) is 4.31 Å². The van der Waals surface area contributed by atoms with Crippen molar-refractivity contribution < 1.29 is 12.8 Å². The highest BCUT2D eigenvalue weighted by Gasteiger charge is 2.40. The molecule has 4 rings (SSSR count). The van der Waals surface area contributed by atoms with E-state index in [2.05, 4.69) is 15.3 Å². The Morgan fingerprint density at radius 1 is 1.14 bits per heavy atom. The summed E-state index contributed by atoms with van der Waals surface area (Å²) in [5.41, 5.74) is 1.76. The predicted molar refractivity (Wildman–Crippen MR) is 106 cm³/mol. The standard InChI is InChI=1S/C20H22FN5O2S/c1-25-13-20(24-14-25)29(27,28)26-11-18(15-5-7-16(21)8-6-15)19(12-26)23-10-17-4-2-3-9-22-17/h2-9,13-14,18-19,23H,10-12H2,1H3/t18-,19+/m1/s1. The van der Waals surface area contributed by atoms with E-state index in [9.17, 15) is 12.8 Å². The smallest absolute Gasteiger partial charge is 0.262 e. The van der Waals surface area contributed by atoms with Crippen LogP contribution in [0.4, 0.5) is 4.39 Å². The fourth-order valence-corrected chi connectivity index (χ4v) is 5.07. The molecule has 2 atom stereocenters. The zero-order valence-corrected chi connectivity index (χ0v) is 16.8. The molecule has 3 heterocycles. The second-order valence-corrected chi connectivity index (χ2v) is 9.05. The number of sulfonamides is 1. The molecule has 1 aliphatic heterocycles. The Bertz CT molecular complexity index is 1070. The third-order valence-electron chi connectivity index (χ3n) is 5.14. The van der Waals surface area contributed by atoms with E-state index in [1.807, 2.05) is 18.2 Å². The Labute approximate surface area is 169 Å². The van der Waals surface area contributed by atoms with Crippen molar-refractivity contribution in [1.29, 1.82) is 0 Å². The Balaban J connectivity index is 1.59. The number of aryl methyl sites for hydroxylation is 1. The van der Waals surface area contributed by atoms with Gasteiger partial charge in [-0.1, -0.05) is 18.2 Å². The SMILES string of the molecule is Cn1cnc(S(=O)(=O)N2C[C@H](NCc3ccccn3)[C@@H](c3ccc(F)cc3)C2)c1. The van der Waals surface area contributed by atoms with E-state index in [0.717, 1.165) is 11.3 Å². The molecule has 3 aromatic rings. The number of imidazole rings is 1. The molecule has 0 saturated carbocycles. The van der Waals surface area contributed by atoms with Gasteiger partial charge in [-0.25, -0.2) is 17.8 Å². The van der Waals surface area contributed by atoms with E-state index >= 15 is 0 Å². The minimum atomic E-state index is -3.71. The van der Waals surface area contributed by atoms with E-state index in [1.54, 1.807) is 29.9 Å². The zero-order valence-electron chi connectivity index (χ0n) is 15.9.